The van der Waals surface area contributed by atoms with Crippen LogP contribution in [-0.4, -0.2) is 30.7 Å². The normalized spacial score (nSPS) is 22.4. The van der Waals surface area contributed by atoms with Crippen LogP contribution in [0.2, 0.25) is 5.02 Å². The molecule has 1 aliphatic heterocycles. The Bertz CT molecular complexity index is 299. The van der Waals surface area contributed by atoms with Crippen LogP contribution in [0.3, 0.4) is 0 Å². The first-order valence-electron chi connectivity index (χ1n) is 4.85. The van der Waals surface area contributed by atoms with Crippen LogP contribution in [0.25, 0.3) is 0 Å². The summed E-state index contributed by atoms with van der Waals surface area (Å²) in [6.07, 6.45) is 1.70. The standard InChI is InChI=1S/C10H14ClN3/c1-8-7-14(5-4-12-8)10-3-2-9(11)6-13-10/h2-3,6,8,12H,4-5,7H2,1H3/t8-/m1/s1. The van der Waals surface area contributed by atoms with Crippen LogP contribution in [0.15, 0.2) is 18.3 Å². The molecule has 0 aromatic carbocycles. The largest absolute Gasteiger partial charge is 0.354 e. The van der Waals surface area contributed by atoms with Gasteiger partial charge < -0.3 is 10.2 Å². The predicted octanol–water partition coefficient (Wildman–Crippen LogP) is 1.53. The van der Waals surface area contributed by atoms with Gasteiger partial charge in [-0.15, -0.1) is 0 Å². The van der Waals surface area contributed by atoms with Gasteiger partial charge in [-0.1, -0.05) is 11.6 Å². The Morgan fingerprint density at radius 3 is 3.07 bits per heavy atom. The number of pyridine rings is 1. The molecule has 1 aliphatic rings. The second kappa shape index (κ2) is 4.15. The van der Waals surface area contributed by atoms with E-state index < -0.39 is 0 Å². The second-order valence-electron chi connectivity index (χ2n) is 3.64. The summed E-state index contributed by atoms with van der Waals surface area (Å²) in [5, 5.41) is 4.09. The van der Waals surface area contributed by atoms with E-state index in [-0.39, 0.29) is 0 Å². The molecule has 0 bridgehead atoms. The van der Waals surface area contributed by atoms with Crippen molar-refractivity contribution >= 4 is 17.4 Å². The van der Waals surface area contributed by atoms with Gasteiger partial charge in [0.15, 0.2) is 0 Å². The number of halogens is 1. The minimum atomic E-state index is 0.529. The highest BCUT2D eigenvalue weighted by molar-refractivity contribution is 6.30. The average molecular weight is 212 g/mol. The molecule has 1 atom stereocenters. The number of anilines is 1. The van der Waals surface area contributed by atoms with Gasteiger partial charge in [0.2, 0.25) is 0 Å². The predicted molar refractivity (Wildman–Crippen MR) is 58.9 cm³/mol. The molecule has 0 amide bonds. The third kappa shape index (κ3) is 2.16. The van der Waals surface area contributed by atoms with Crippen LogP contribution in [-0.2, 0) is 0 Å². The van der Waals surface area contributed by atoms with E-state index in [4.69, 9.17) is 11.6 Å². The van der Waals surface area contributed by atoms with E-state index in [1.54, 1.807) is 6.20 Å². The highest BCUT2D eigenvalue weighted by Gasteiger charge is 2.16. The summed E-state index contributed by atoms with van der Waals surface area (Å²) in [5.41, 5.74) is 0. The van der Waals surface area contributed by atoms with Crippen molar-refractivity contribution in [3.8, 4) is 0 Å². The van der Waals surface area contributed by atoms with Gasteiger partial charge >= 0.3 is 0 Å². The molecule has 0 unspecified atom stereocenters. The Balaban J connectivity index is 2.10. The highest BCUT2D eigenvalue weighted by Crippen LogP contribution is 2.15. The van der Waals surface area contributed by atoms with E-state index in [1.807, 2.05) is 12.1 Å². The molecule has 76 valence electrons. The third-order valence-electron chi connectivity index (χ3n) is 2.40. The Hall–Kier alpha value is -0.800. The minimum Gasteiger partial charge on any atom is -0.354 e. The fraction of sp³-hybridized carbons (Fsp3) is 0.500. The SMILES string of the molecule is C[C@@H]1CN(c2ccc(Cl)cn2)CCN1. The van der Waals surface area contributed by atoms with Crippen molar-refractivity contribution in [3.63, 3.8) is 0 Å². The molecular weight excluding hydrogens is 198 g/mol. The summed E-state index contributed by atoms with van der Waals surface area (Å²) in [6.45, 7) is 5.22. The molecule has 2 rings (SSSR count). The molecule has 0 radical (unpaired) electrons. The lowest BCUT2D eigenvalue weighted by Crippen LogP contribution is -2.49. The van der Waals surface area contributed by atoms with Crippen LogP contribution < -0.4 is 10.2 Å². The lowest BCUT2D eigenvalue weighted by molar-refractivity contribution is 0.482. The van der Waals surface area contributed by atoms with E-state index in [2.05, 4.69) is 22.1 Å². The quantitative estimate of drug-likeness (QED) is 0.764. The zero-order chi connectivity index (χ0) is 9.97. The molecule has 0 saturated carbocycles. The first kappa shape index (κ1) is 9.74. The van der Waals surface area contributed by atoms with E-state index in [0.717, 1.165) is 25.5 Å². The Kier molecular flexibility index (Phi) is 2.89. The van der Waals surface area contributed by atoms with Crippen LogP contribution in [0, 0.1) is 0 Å². The fourth-order valence-electron chi connectivity index (χ4n) is 1.70. The average Bonchev–Trinajstić information content (AvgIpc) is 2.19. The third-order valence-corrected chi connectivity index (χ3v) is 2.63. The molecule has 1 aromatic rings. The summed E-state index contributed by atoms with van der Waals surface area (Å²) in [4.78, 5) is 6.58. The number of rotatable bonds is 1. The Morgan fingerprint density at radius 2 is 2.43 bits per heavy atom. The molecule has 0 spiro atoms. The van der Waals surface area contributed by atoms with Gasteiger partial charge in [-0.3, -0.25) is 0 Å². The molecule has 4 heteroatoms. The second-order valence-corrected chi connectivity index (χ2v) is 4.07. The first-order valence-corrected chi connectivity index (χ1v) is 5.23. The number of hydrogen-bond acceptors (Lipinski definition) is 3. The van der Waals surface area contributed by atoms with Crippen LogP contribution >= 0.6 is 11.6 Å². The summed E-state index contributed by atoms with van der Waals surface area (Å²) < 4.78 is 0. The van der Waals surface area contributed by atoms with Crippen molar-refractivity contribution in [2.24, 2.45) is 0 Å². The van der Waals surface area contributed by atoms with Gasteiger partial charge in [0.05, 0.1) is 5.02 Å². The molecule has 1 aromatic heterocycles. The van der Waals surface area contributed by atoms with Gasteiger partial charge in [0.25, 0.3) is 0 Å². The lowest BCUT2D eigenvalue weighted by Gasteiger charge is -2.32. The summed E-state index contributed by atoms with van der Waals surface area (Å²) in [6, 6.07) is 4.39. The molecule has 1 fully saturated rings. The first-order chi connectivity index (χ1) is 6.75. The summed E-state index contributed by atoms with van der Waals surface area (Å²) in [7, 11) is 0. The van der Waals surface area contributed by atoms with Crippen molar-refractivity contribution in [2.75, 3.05) is 24.5 Å². The van der Waals surface area contributed by atoms with Crippen molar-refractivity contribution in [1.82, 2.24) is 10.3 Å². The minimum absolute atomic E-state index is 0.529. The molecule has 2 heterocycles. The lowest BCUT2D eigenvalue weighted by atomic mass is 10.2. The maximum absolute atomic E-state index is 5.79. The number of piperazine rings is 1. The maximum Gasteiger partial charge on any atom is 0.128 e. The van der Waals surface area contributed by atoms with Crippen molar-refractivity contribution in [2.45, 2.75) is 13.0 Å². The monoisotopic (exact) mass is 211 g/mol. The van der Waals surface area contributed by atoms with E-state index >= 15 is 0 Å². The number of aromatic nitrogens is 1. The number of nitrogens with one attached hydrogen (secondary N) is 1. The van der Waals surface area contributed by atoms with Gasteiger partial charge in [0.1, 0.15) is 5.82 Å². The molecule has 3 nitrogen and oxygen atoms in total. The van der Waals surface area contributed by atoms with Crippen molar-refractivity contribution in [3.05, 3.63) is 23.4 Å². The molecule has 1 N–H and O–H groups in total. The smallest absolute Gasteiger partial charge is 0.128 e. The zero-order valence-electron chi connectivity index (χ0n) is 8.20. The highest BCUT2D eigenvalue weighted by atomic mass is 35.5. The fourth-order valence-corrected chi connectivity index (χ4v) is 1.81. The van der Waals surface area contributed by atoms with Gasteiger partial charge in [-0.25, -0.2) is 4.98 Å². The van der Waals surface area contributed by atoms with E-state index in [9.17, 15) is 0 Å². The molecular formula is C10H14ClN3. The molecule has 0 aliphatic carbocycles. The van der Waals surface area contributed by atoms with Crippen molar-refractivity contribution in [1.29, 1.82) is 0 Å². The van der Waals surface area contributed by atoms with Gasteiger partial charge in [0, 0.05) is 31.9 Å². The Labute approximate surface area is 89.1 Å². The summed E-state index contributed by atoms with van der Waals surface area (Å²) >= 11 is 5.79. The van der Waals surface area contributed by atoms with Crippen molar-refractivity contribution < 1.29 is 0 Å². The van der Waals surface area contributed by atoms with Crippen LogP contribution in [0.5, 0.6) is 0 Å². The van der Waals surface area contributed by atoms with E-state index in [0.29, 0.717) is 11.1 Å². The van der Waals surface area contributed by atoms with Gasteiger partial charge in [-0.05, 0) is 19.1 Å². The number of hydrogen-bond donors (Lipinski definition) is 1. The Morgan fingerprint density at radius 1 is 1.57 bits per heavy atom. The van der Waals surface area contributed by atoms with Crippen LogP contribution in [0.1, 0.15) is 6.92 Å². The molecule has 14 heavy (non-hydrogen) atoms. The van der Waals surface area contributed by atoms with E-state index in [1.165, 1.54) is 0 Å². The van der Waals surface area contributed by atoms with Crippen LogP contribution in [0.4, 0.5) is 5.82 Å². The summed E-state index contributed by atoms with van der Waals surface area (Å²) in [5.74, 6) is 1.02. The topological polar surface area (TPSA) is 28.2 Å². The molecule has 1 saturated heterocycles. The zero-order valence-corrected chi connectivity index (χ0v) is 8.96. The maximum atomic E-state index is 5.79. The van der Waals surface area contributed by atoms with Gasteiger partial charge in [-0.2, -0.15) is 0 Å². The number of nitrogens with zero attached hydrogens (tertiary/aromatic N) is 2.